The Morgan fingerprint density at radius 3 is 3.25 bits per heavy atom. The highest BCUT2D eigenvalue weighted by molar-refractivity contribution is 9.15. The second-order valence-corrected chi connectivity index (χ2v) is 3.78. The van der Waals surface area contributed by atoms with Gasteiger partial charge in [0.15, 0.2) is 0 Å². The van der Waals surface area contributed by atoms with Gasteiger partial charge in [-0.15, -0.1) is 0 Å². The fraction of sp³-hybridized carbons (Fsp3) is 0.222. The van der Waals surface area contributed by atoms with E-state index in [1.165, 1.54) is 11.1 Å². The van der Waals surface area contributed by atoms with Crippen LogP contribution in [0.5, 0.6) is 0 Å². The Morgan fingerprint density at radius 1 is 1.58 bits per heavy atom. The Labute approximate surface area is 80.0 Å². The fourth-order valence-electron chi connectivity index (χ4n) is 1.36. The Balaban J connectivity index is 2.53. The quantitative estimate of drug-likeness (QED) is 0.672. The number of nitrogens with zero attached hydrogens (tertiary/aromatic N) is 2. The fourth-order valence-corrected chi connectivity index (χ4v) is 2.10. The van der Waals surface area contributed by atoms with Gasteiger partial charge >= 0.3 is 0 Å². The molecule has 0 saturated carbocycles. The average Bonchev–Trinajstić information content (AvgIpc) is 2.04. The molecule has 0 amide bonds. The maximum Gasteiger partial charge on any atom is 0.0442 e. The molecule has 1 aliphatic heterocycles. The minimum absolute atomic E-state index is 0.943. The molecule has 0 aliphatic carbocycles. The van der Waals surface area contributed by atoms with Crippen molar-refractivity contribution in [1.29, 1.82) is 0 Å². The zero-order chi connectivity index (χ0) is 8.55. The number of hydrogen-bond acceptors (Lipinski definition) is 2. The molecule has 0 radical (unpaired) electrons. The summed E-state index contributed by atoms with van der Waals surface area (Å²) in [7, 11) is 2.05. The van der Waals surface area contributed by atoms with Crippen molar-refractivity contribution in [3.63, 3.8) is 0 Å². The van der Waals surface area contributed by atoms with Gasteiger partial charge in [-0.25, -0.2) is 0 Å². The Hall–Kier alpha value is -0.830. The van der Waals surface area contributed by atoms with Gasteiger partial charge in [0.2, 0.25) is 0 Å². The third-order valence-electron chi connectivity index (χ3n) is 1.91. The summed E-state index contributed by atoms with van der Waals surface area (Å²) in [5.41, 5.74) is 2.53. The molecule has 0 unspecified atom stereocenters. The van der Waals surface area contributed by atoms with Crippen LogP contribution in [0.2, 0.25) is 0 Å². The first-order valence-corrected chi connectivity index (χ1v) is 4.57. The molecular weight excluding hydrogens is 216 g/mol. The van der Waals surface area contributed by atoms with Crippen LogP contribution in [0.15, 0.2) is 24.7 Å². The number of aromatic nitrogens is 1. The summed E-state index contributed by atoms with van der Waals surface area (Å²) in [6.45, 7) is 0.943. The molecule has 0 N–H and O–H groups in total. The number of halogens is 1. The van der Waals surface area contributed by atoms with Crippen LogP contribution < -0.4 is 0 Å². The van der Waals surface area contributed by atoms with Gasteiger partial charge < -0.3 is 4.90 Å². The first-order valence-electron chi connectivity index (χ1n) is 3.78. The van der Waals surface area contributed by atoms with E-state index in [4.69, 9.17) is 0 Å². The van der Waals surface area contributed by atoms with E-state index < -0.39 is 0 Å². The molecule has 0 aromatic carbocycles. The molecule has 2 rings (SSSR count). The molecule has 0 atom stereocenters. The van der Waals surface area contributed by atoms with Crippen LogP contribution in [-0.4, -0.2) is 16.9 Å². The zero-order valence-electron chi connectivity index (χ0n) is 6.79. The van der Waals surface area contributed by atoms with Crippen molar-refractivity contribution >= 4 is 20.4 Å². The lowest BCUT2D eigenvalue weighted by molar-refractivity contribution is 0.446. The number of pyridine rings is 1. The molecule has 0 bridgehead atoms. The molecule has 2 nitrogen and oxygen atoms in total. The molecule has 1 aromatic heterocycles. The highest BCUT2D eigenvalue weighted by Gasteiger charge is 2.12. The first kappa shape index (κ1) is 7.80. The van der Waals surface area contributed by atoms with Gasteiger partial charge in [-0.1, -0.05) is 0 Å². The topological polar surface area (TPSA) is 16.1 Å². The normalized spacial score (nSPS) is 15.5. The summed E-state index contributed by atoms with van der Waals surface area (Å²) in [5, 5.41) is 0. The lowest BCUT2D eigenvalue weighted by atomic mass is 10.1. The molecular formula is C9H9BrN2. The monoisotopic (exact) mass is 224 g/mol. The molecule has 3 heteroatoms. The predicted molar refractivity (Wildman–Crippen MR) is 52.6 cm³/mol. The average molecular weight is 225 g/mol. The summed E-state index contributed by atoms with van der Waals surface area (Å²) in [6, 6.07) is 2.03. The highest BCUT2D eigenvalue weighted by atomic mass is 79.9. The predicted octanol–water partition coefficient (Wildman–Crippen LogP) is 2.22. The van der Waals surface area contributed by atoms with E-state index in [1.54, 1.807) is 0 Å². The van der Waals surface area contributed by atoms with E-state index in [1.807, 2.05) is 18.5 Å². The van der Waals surface area contributed by atoms with Crippen molar-refractivity contribution in [2.24, 2.45) is 0 Å². The molecule has 2 heterocycles. The Kier molecular flexibility index (Phi) is 1.89. The third-order valence-corrected chi connectivity index (χ3v) is 2.55. The van der Waals surface area contributed by atoms with Crippen molar-refractivity contribution in [1.82, 2.24) is 9.88 Å². The van der Waals surface area contributed by atoms with E-state index in [-0.39, 0.29) is 0 Å². The smallest absolute Gasteiger partial charge is 0.0442 e. The van der Waals surface area contributed by atoms with E-state index >= 15 is 0 Å². The van der Waals surface area contributed by atoms with Gasteiger partial charge in [0.05, 0.1) is 0 Å². The molecule has 0 spiro atoms. The summed E-state index contributed by atoms with van der Waals surface area (Å²) in [6.07, 6.45) is 5.82. The molecule has 12 heavy (non-hydrogen) atoms. The SMILES string of the molecule is CN1C=C(Br)c2ccncc2C1. The lowest BCUT2D eigenvalue weighted by Gasteiger charge is -2.22. The summed E-state index contributed by atoms with van der Waals surface area (Å²) in [4.78, 5) is 6.23. The van der Waals surface area contributed by atoms with Crippen LogP contribution in [-0.2, 0) is 6.54 Å². The summed E-state index contributed by atoms with van der Waals surface area (Å²) in [5.74, 6) is 0. The standard InChI is InChI=1S/C9H9BrN2/c1-12-5-7-4-11-3-2-8(7)9(10)6-12/h2-4,6H,5H2,1H3. The van der Waals surface area contributed by atoms with Crippen molar-refractivity contribution in [3.8, 4) is 0 Å². The van der Waals surface area contributed by atoms with E-state index in [0.717, 1.165) is 11.0 Å². The van der Waals surface area contributed by atoms with Crippen molar-refractivity contribution in [3.05, 3.63) is 35.8 Å². The maximum absolute atomic E-state index is 4.09. The van der Waals surface area contributed by atoms with Crippen molar-refractivity contribution < 1.29 is 0 Å². The Morgan fingerprint density at radius 2 is 2.42 bits per heavy atom. The summed E-state index contributed by atoms with van der Waals surface area (Å²) < 4.78 is 1.13. The maximum atomic E-state index is 4.09. The van der Waals surface area contributed by atoms with Crippen LogP contribution in [0, 0.1) is 0 Å². The minimum Gasteiger partial charge on any atom is -0.375 e. The molecule has 62 valence electrons. The summed E-state index contributed by atoms with van der Waals surface area (Å²) >= 11 is 3.52. The van der Waals surface area contributed by atoms with Crippen LogP contribution in [0.25, 0.3) is 4.48 Å². The highest BCUT2D eigenvalue weighted by Crippen LogP contribution is 2.28. The van der Waals surface area contributed by atoms with Gasteiger partial charge in [0.1, 0.15) is 0 Å². The molecule has 0 saturated heterocycles. The second kappa shape index (κ2) is 2.90. The number of fused-ring (bicyclic) bond motifs is 1. The van der Waals surface area contributed by atoms with Gasteiger partial charge in [-0.2, -0.15) is 0 Å². The molecule has 1 aromatic rings. The van der Waals surface area contributed by atoms with Gasteiger partial charge in [0, 0.05) is 36.7 Å². The van der Waals surface area contributed by atoms with E-state index in [9.17, 15) is 0 Å². The first-order chi connectivity index (χ1) is 5.77. The van der Waals surface area contributed by atoms with E-state index in [2.05, 4.69) is 39.1 Å². The minimum atomic E-state index is 0.943. The number of rotatable bonds is 0. The molecule has 0 fully saturated rings. The van der Waals surface area contributed by atoms with Crippen LogP contribution >= 0.6 is 15.9 Å². The third kappa shape index (κ3) is 1.25. The molecule has 1 aliphatic rings. The van der Waals surface area contributed by atoms with E-state index in [0.29, 0.717) is 0 Å². The van der Waals surface area contributed by atoms with Crippen molar-refractivity contribution in [2.45, 2.75) is 6.54 Å². The largest absolute Gasteiger partial charge is 0.375 e. The van der Waals surface area contributed by atoms with Crippen LogP contribution in [0.1, 0.15) is 11.1 Å². The van der Waals surface area contributed by atoms with Crippen LogP contribution in [0.4, 0.5) is 0 Å². The van der Waals surface area contributed by atoms with Gasteiger partial charge in [-0.3, -0.25) is 4.98 Å². The number of hydrogen-bond donors (Lipinski definition) is 0. The lowest BCUT2D eigenvalue weighted by Crippen LogP contribution is -2.15. The second-order valence-electron chi connectivity index (χ2n) is 2.92. The van der Waals surface area contributed by atoms with Crippen LogP contribution in [0.3, 0.4) is 0 Å². The zero-order valence-corrected chi connectivity index (χ0v) is 8.37. The van der Waals surface area contributed by atoms with Crippen molar-refractivity contribution in [2.75, 3.05) is 7.05 Å². The van der Waals surface area contributed by atoms with Gasteiger partial charge in [0.25, 0.3) is 0 Å². The van der Waals surface area contributed by atoms with Gasteiger partial charge in [-0.05, 0) is 33.1 Å². The Bertz CT molecular complexity index is 333.